The minimum Gasteiger partial charge on any atom is -0.277 e. The van der Waals surface area contributed by atoms with Gasteiger partial charge in [0.2, 0.25) is 5.41 Å². The van der Waals surface area contributed by atoms with Gasteiger partial charge in [-0.15, -0.1) is 0 Å². The number of imide groups is 2. The normalized spacial score (nSPS) is 15.6. The van der Waals surface area contributed by atoms with Crippen molar-refractivity contribution >= 4 is 29.3 Å². The Bertz CT molecular complexity index is 1720. The largest absolute Gasteiger partial charge is 0.411 e. The molecule has 12 heteroatoms. The smallest absolute Gasteiger partial charge is 0.277 e. The maximum atomic E-state index is 14.9. The zero-order valence-electron chi connectivity index (χ0n) is 22.8. The number of halogens is 6. The highest BCUT2D eigenvalue weighted by Gasteiger charge is 2.73. The molecule has 0 bridgehead atoms. The molecule has 3 aromatic rings. The van der Waals surface area contributed by atoms with Crippen LogP contribution in [0.1, 0.15) is 74.8 Å². The molecule has 0 saturated heterocycles. The van der Waals surface area contributed by atoms with Crippen LogP contribution < -0.4 is 4.90 Å². The lowest BCUT2D eigenvalue weighted by Crippen LogP contribution is -2.55. The van der Waals surface area contributed by atoms with Crippen molar-refractivity contribution in [2.45, 2.75) is 45.5 Å². The molecule has 0 radical (unpaired) electrons. The molecule has 0 atom stereocenters. The Morgan fingerprint density at radius 2 is 0.929 bits per heavy atom. The van der Waals surface area contributed by atoms with Crippen molar-refractivity contribution in [3.8, 4) is 0 Å². The molecular formula is C30H22F6N2O4. The maximum absolute atomic E-state index is 14.9. The summed E-state index contributed by atoms with van der Waals surface area (Å²) in [5.41, 5.74) is -6.60. The Morgan fingerprint density at radius 1 is 0.548 bits per heavy atom. The Balaban J connectivity index is 1.76. The lowest BCUT2D eigenvalue weighted by atomic mass is 9.71. The molecule has 2 heterocycles. The number of amides is 4. The molecule has 4 amide bonds. The highest BCUT2D eigenvalue weighted by Crippen LogP contribution is 2.57. The quantitative estimate of drug-likeness (QED) is 0.264. The SMILES string of the molecule is Cc1cc(C)c(C)c(N2C(=O)c3ccc(C(c4ccc5c(c4)C(=O)N(C)C5=O)(C(F)(F)F)C(F)(F)F)cc3C2=O)c1C. The van der Waals surface area contributed by atoms with Crippen LogP contribution in [0, 0.1) is 27.7 Å². The third-order valence-corrected chi connectivity index (χ3v) is 8.24. The van der Waals surface area contributed by atoms with Gasteiger partial charge in [0.25, 0.3) is 23.6 Å². The molecule has 0 aliphatic carbocycles. The van der Waals surface area contributed by atoms with Crippen molar-refractivity contribution in [3.05, 3.63) is 98.1 Å². The van der Waals surface area contributed by atoms with Gasteiger partial charge in [0, 0.05) is 7.05 Å². The van der Waals surface area contributed by atoms with Crippen LogP contribution in [0.2, 0.25) is 0 Å². The summed E-state index contributed by atoms with van der Waals surface area (Å²) in [7, 11) is 1.05. The van der Waals surface area contributed by atoms with Crippen LogP contribution in [0.25, 0.3) is 0 Å². The Kier molecular flexibility index (Phi) is 6.23. The average Bonchev–Trinajstić information content (AvgIpc) is 3.26. The minimum absolute atomic E-state index is 0.212. The number of benzene rings is 3. The van der Waals surface area contributed by atoms with Gasteiger partial charge in [0.1, 0.15) is 0 Å². The molecule has 2 aliphatic heterocycles. The van der Waals surface area contributed by atoms with Gasteiger partial charge in [-0.25, -0.2) is 4.90 Å². The molecule has 0 aromatic heterocycles. The number of hydrogen-bond donors (Lipinski definition) is 0. The number of rotatable bonds is 3. The zero-order chi connectivity index (χ0) is 31.3. The average molecular weight is 589 g/mol. The fourth-order valence-corrected chi connectivity index (χ4v) is 5.79. The maximum Gasteiger partial charge on any atom is 0.411 e. The first-order valence-electron chi connectivity index (χ1n) is 12.6. The Hall–Kier alpha value is -4.48. The van der Waals surface area contributed by atoms with Crippen LogP contribution in [0.4, 0.5) is 32.0 Å². The van der Waals surface area contributed by atoms with Crippen molar-refractivity contribution in [3.63, 3.8) is 0 Å². The second kappa shape index (κ2) is 9.01. The molecule has 0 saturated carbocycles. The summed E-state index contributed by atoms with van der Waals surface area (Å²) in [6.45, 7) is 6.80. The number of aryl methyl sites for hydroxylation is 2. The summed E-state index contributed by atoms with van der Waals surface area (Å²) in [5.74, 6) is -3.88. The second-order valence-corrected chi connectivity index (χ2v) is 10.5. The van der Waals surface area contributed by atoms with Gasteiger partial charge in [-0.1, -0.05) is 18.2 Å². The van der Waals surface area contributed by atoms with Crippen molar-refractivity contribution in [1.29, 1.82) is 0 Å². The molecular weight excluding hydrogens is 566 g/mol. The molecule has 2 aliphatic rings. The number of alkyl halides is 6. The van der Waals surface area contributed by atoms with Gasteiger partial charge in [-0.05, 0) is 85.3 Å². The van der Waals surface area contributed by atoms with E-state index in [2.05, 4.69) is 0 Å². The molecule has 0 N–H and O–H groups in total. The molecule has 3 aromatic carbocycles. The van der Waals surface area contributed by atoms with Gasteiger partial charge in [-0.2, -0.15) is 26.3 Å². The summed E-state index contributed by atoms with van der Waals surface area (Å²) in [5, 5.41) is 0. The van der Waals surface area contributed by atoms with Gasteiger partial charge >= 0.3 is 12.4 Å². The van der Waals surface area contributed by atoms with Gasteiger partial charge in [-0.3, -0.25) is 24.1 Å². The number of hydrogen-bond acceptors (Lipinski definition) is 4. The lowest BCUT2D eigenvalue weighted by Gasteiger charge is -2.38. The molecule has 0 spiro atoms. The van der Waals surface area contributed by atoms with Crippen LogP contribution in [0.3, 0.4) is 0 Å². The first-order valence-corrected chi connectivity index (χ1v) is 12.6. The predicted octanol–water partition coefficient (Wildman–Crippen LogP) is 6.36. The topological polar surface area (TPSA) is 74.8 Å². The van der Waals surface area contributed by atoms with E-state index >= 15 is 0 Å². The second-order valence-electron chi connectivity index (χ2n) is 10.5. The number of nitrogens with zero attached hydrogens (tertiary/aromatic N) is 2. The molecule has 42 heavy (non-hydrogen) atoms. The Labute approximate surface area is 235 Å². The van der Waals surface area contributed by atoms with Crippen LogP contribution in [-0.2, 0) is 5.41 Å². The van der Waals surface area contributed by atoms with E-state index in [4.69, 9.17) is 0 Å². The molecule has 6 nitrogen and oxygen atoms in total. The van der Waals surface area contributed by atoms with Crippen molar-refractivity contribution in [1.82, 2.24) is 4.90 Å². The lowest BCUT2D eigenvalue weighted by molar-refractivity contribution is -0.288. The predicted molar refractivity (Wildman–Crippen MR) is 139 cm³/mol. The molecule has 5 rings (SSSR count). The zero-order valence-corrected chi connectivity index (χ0v) is 22.8. The summed E-state index contributed by atoms with van der Waals surface area (Å²) in [6.07, 6.45) is -12.1. The van der Waals surface area contributed by atoms with Crippen LogP contribution in [0.15, 0.2) is 42.5 Å². The van der Waals surface area contributed by atoms with E-state index in [0.29, 0.717) is 40.3 Å². The first kappa shape index (κ1) is 29.0. The summed E-state index contributed by atoms with van der Waals surface area (Å²) in [4.78, 5) is 53.0. The minimum atomic E-state index is -6.03. The summed E-state index contributed by atoms with van der Waals surface area (Å²) >= 11 is 0. The van der Waals surface area contributed by atoms with Gasteiger partial charge in [0.05, 0.1) is 27.9 Å². The van der Waals surface area contributed by atoms with Crippen molar-refractivity contribution in [2.24, 2.45) is 0 Å². The van der Waals surface area contributed by atoms with Crippen LogP contribution in [0.5, 0.6) is 0 Å². The highest BCUT2D eigenvalue weighted by molar-refractivity contribution is 6.35. The van der Waals surface area contributed by atoms with Crippen LogP contribution >= 0.6 is 0 Å². The van der Waals surface area contributed by atoms with Gasteiger partial charge in [0.15, 0.2) is 0 Å². The van der Waals surface area contributed by atoms with E-state index in [1.54, 1.807) is 27.7 Å². The van der Waals surface area contributed by atoms with Crippen molar-refractivity contribution < 1.29 is 45.5 Å². The van der Waals surface area contributed by atoms with Gasteiger partial charge < -0.3 is 0 Å². The van der Waals surface area contributed by atoms with Crippen LogP contribution in [-0.4, -0.2) is 47.9 Å². The fourth-order valence-electron chi connectivity index (χ4n) is 5.79. The third-order valence-electron chi connectivity index (χ3n) is 8.24. The summed E-state index contributed by atoms with van der Waals surface area (Å²) < 4.78 is 89.2. The number of carbonyl (C=O) groups excluding carboxylic acids is 4. The number of carbonyl (C=O) groups is 4. The van der Waals surface area contributed by atoms with Crippen molar-refractivity contribution in [2.75, 3.05) is 11.9 Å². The summed E-state index contributed by atoms with van der Waals surface area (Å²) in [6, 6.07) is 5.22. The van der Waals surface area contributed by atoms with E-state index in [1.807, 2.05) is 6.07 Å². The van der Waals surface area contributed by atoms with E-state index in [1.165, 1.54) is 0 Å². The van der Waals surface area contributed by atoms with E-state index < -0.39 is 63.7 Å². The molecule has 0 fully saturated rings. The first-order chi connectivity index (χ1) is 19.4. The standard InChI is InChI=1S/C30H22F6N2O4/c1-13-10-14(2)16(4)23(15(13)3)38-26(41)20-9-7-18(12-22(20)27(38)42)28(29(31,32)33,30(34,35)36)17-6-8-19-21(11-17)25(40)37(5)24(19)39/h6-12H,1-5H3. The Morgan fingerprint density at radius 3 is 1.38 bits per heavy atom. The van der Waals surface area contributed by atoms with E-state index in [9.17, 15) is 45.5 Å². The molecule has 0 unspecified atom stereocenters. The molecule has 218 valence electrons. The monoisotopic (exact) mass is 588 g/mol. The number of fused-ring (bicyclic) bond motifs is 2. The fraction of sp³-hybridized carbons (Fsp3) is 0.267. The highest BCUT2D eigenvalue weighted by atomic mass is 19.4. The van der Waals surface area contributed by atoms with E-state index in [-0.39, 0.29) is 16.8 Å². The third kappa shape index (κ3) is 3.66. The number of anilines is 1. The van der Waals surface area contributed by atoms with E-state index in [0.717, 1.165) is 35.2 Å².